The molecule has 188 valence electrons. The van der Waals surface area contributed by atoms with Crippen molar-refractivity contribution >= 4 is 0 Å². The number of hydrogen-bond donors (Lipinski definition) is 1. The van der Waals surface area contributed by atoms with Crippen LogP contribution in [-0.4, -0.2) is 12.2 Å². The first-order valence-corrected chi connectivity index (χ1v) is 13.8. The summed E-state index contributed by atoms with van der Waals surface area (Å²) < 4.78 is 5.39. The van der Waals surface area contributed by atoms with Crippen LogP contribution in [0.2, 0.25) is 0 Å². The minimum absolute atomic E-state index is 0.382. The number of phenols is 1. The summed E-state index contributed by atoms with van der Waals surface area (Å²) >= 11 is 0. The van der Waals surface area contributed by atoms with Crippen molar-refractivity contribution < 1.29 is 9.84 Å². The van der Waals surface area contributed by atoms with Crippen LogP contribution >= 0.6 is 0 Å². The van der Waals surface area contributed by atoms with Gasteiger partial charge in [0.1, 0.15) is 11.5 Å². The van der Waals surface area contributed by atoms with Gasteiger partial charge >= 0.3 is 0 Å². The summed E-state index contributed by atoms with van der Waals surface area (Å²) in [6.45, 7) is 4.53. The van der Waals surface area contributed by atoms with Crippen molar-refractivity contribution in [2.75, 3.05) is 7.11 Å². The van der Waals surface area contributed by atoms with Gasteiger partial charge in [-0.1, -0.05) is 108 Å². The minimum atomic E-state index is 0.382. The quantitative estimate of drug-likeness (QED) is 0.223. The van der Waals surface area contributed by atoms with E-state index in [1.54, 1.807) is 7.11 Å². The van der Waals surface area contributed by atoms with Gasteiger partial charge in [-0.25, -0.2) is 0 Å². The minimum Gasteiger partial charge on any atom is -0.507 e. The van der Waals surface area contributed by atoms with Crippen molar-refractivity contribution in [1.82, 2.24) is 0 Å². The largest absolute Gasteiger partial charge is 0.507 e. The van der Waals surface area contributed by atoms with Crippen LogP contribution in [0.1, 0.15) is 89.2 Å². The van der Waals surface area contributed by atoms with E-state index >= 15 is 0 Å². The lowest BCUT2D eigenvalue weighted by molar-refractivity contribution is 0.415. The molecule has 0 fully saturated rings. The topological polar surface area (TPSA) is 29.5 Å². The highest BCUT2D eigenvalue weighted by molar-refractivity contribution is 5.90. The summed E-state index contributed by atoms with van der Waals surface area (Å²) in [7, 11) is 1.69. The van der Waals surface area contributed by atoms with Gasteiger partial charge in [0.05, 0.1) is 7.11 Å². The molecule has 1 N–H and O–H groups in total. The van der Waals surface area contributed by atoms with Crippen molar-refractivity contribution in [3.63, 3.8) is 0 Å². The number of ether oxygens (including phenoxy) is 1. The van der Waals surface area contributed by atoms with Crippen LogP contribution < -0.4 is 4.74 Å². The number of aryl methyl sites for hydroxylation is 1. The number of methoxy groups -OCH3 is 1. The molecule has 2 heteroatoms. The van der Waals surface area contributed by atoms with Crippen LogP contribution in [0.3, 0.4) is 0 Å². The smallest absolute Gasteiger partial charge is 0.124 e. The lowest BCUT2D eigenvalue weighted by atomic mass is 9.83. The van der Waals surface area contributed by atoms with Crippen LogP contribution in [0.4, 0.5) is 0 Å². The van der Waals surface area contributed by atoms with Crippen LogP contribution in [0.25, 0.3) is 22.3 Å². The lowest BCUT2D eigenvalue weighted by Gasteiger charge is -2.22. The Hall–Kier alpha value is -2.74. The second kappa shape index (κ2) is 14.6. The normalized spacial score (nSPS) is 11.1. The van der Waals surface area contributed by atoms with Crippen molar-refractivity contribution in [2.24, 2.45) is 0 Å². The molecule has 3 aromatic carbocycles. The molecule has 0 aliphatic carbocycles. The fourth-order valence-electron chi connectivity index (χ4n) is 5.07. The zero-order valence-electron chi connectivity index (χ0n) is 22.1. The maximum atomic E-state index is 11.4. The second-order valence-electron chi connectivity index (χ2n) is 9.71. The van der Waals surface area contributed by atoms with E-state index in [2.05, 4.69) is 62.4 Å². The molecule has 0 saturated heterocycles. The molecule has 0 unspecified atom stereocenters. The summed E-state index contributed by atoms with van der Waals surface area (Å²) in [6, 6.07) is 20.8. The van der Waals surface area contributed by atoms with Gasteiger partial charge in [-0.2, -0.15) is 0 Å². The van der Waals surface area contributed by atoms with Gasteiger partial charge in [0.25, 0.3) is 0 Å². The first kappa shape index (κ1) is 26.9. The van der Waals surface area contributed by atoms with Crippen molar-refractivity contribution in [3.8, 4) is 33.8 Å². The standard InChI is InChI=1S/C33H44O2/c1-4-6-8-10-13-19-28-25-31(34)33(27-21-23-29(35-3)24-22-27)32(26-17-14-12-15-18-26)30(28)20-16-11-9-7-5-2/h12,14-15,17-18,21-25,34H,4-11,13,16,19-20H2,1-3H3. The van der Waals surface area contributed by atoms with E-state index in [1.807, 2.05) is 12.1 Å². The van der Waals surface area contributed by atoms with E-state index in [0.29, 0.717) is 5.75 Å². The fourth-order valence-corrected chi connectivity index (χ4v) is 5.07. The molecule has 0 radical (unpaired) electrons. The Morgan fingerprint density at radius 3 is 1.80 bits per heavy atom. The van der Waals surface area contributed by atoms with Gasteiger partial charge in [0.15, 0.2) is 0 Å². The molecule has 0 heterocycles. The van der Waals surface area contributed by atoms with E-state index in [4.69, 9.17) is 4.74 Å². The van der Waals surface area contributed by atoms with Gasteiger partial charge < -0.3 is 9.84 Å². The molecule has 0 bridgehead atoms. The van der Waals surface area contributed by atoms with E-state index in [0.717, 1.165) is 29.7 Å². The highest BCUT2D eigenvalue weighted by Gasteiger charge is 2.20. The van der Waals surface area contributed by atoms with Crippen LogP contribution in [0.15, 0.2) is 60.7 Å². The average Bonchev–Trinajstić information content (AvgIpc) is 2.89. The second-order valence-corrected chi connectivity index (χ2v) is 9.71. The molecule has 2 nitrogen and oxygen atoms in total. The zero-order chi connectivity index (χ0) is 24.9. The molecule has 0 saturated carbocycles. The van der Waals surface area contributed by atoms with Gasteiger partial charge in [0.2, 0.25) is 0 Å². The van der Waals surface area contributed by atoms with Crippen LogP contribution in [-0.2, 0) is 12.8 Å². The van der Waals surface area contributed by atoms with Crippen LogP contribution in [0, 0.1) is 0 Å². The van der Waals surface area contributed by atoms with Gasteiger partial charge in [-0.15, -0.1) is 0 Å². The predicted octanol–water partition coefficient (Wildman–Crippen LogP) is 9.76. The molecule has 3 rings (SSSR count). The van der Waals surface area contributed by atoms with E-state index < -0.39 is 0 Å². The molecule has 3 aromatic rings. The lowest BCUT2D eigenvalue weighted by Crippen LogP contribution is -2.02. The van der Waals surface area contributed by atoms with Gasteiger partial charge in [0, 0.05) is 5.56 Å². The molecule has 0 aliphatic heterocycles. The summed E-state index contributed by atoms with van der Waals surface area (Å²) in [5, 5.41) is 11.4. The summed E-state index contributed by atoms with van der Waals surface area (Å²) in [5.41, 5.74) is 7.11. The molecular weight excluding hydrogens is 428 g/mol. The highest BCUT2D eigenvalue weighted by Crippen LogP contribution is 2.44. The highest BCUT2D eigenvalue weighted by atomic mass is 16.5. The number of benzene rings is 3. The molecule has 0 aromatic heterocycles. The Labute approximate surface area is 213 Å². The van der Waals surface area contributed by atoms with E-state index in [9.17, 15) is 5.11 Å². The van der Waals surface area contributed by atoms with E-state index in [1.165, 1.54) is 86.5 Å². The van der Waals surface area contributed by atoms with Gasteiger partial charge in [-0.3, -0.25) is 0 Å². The van der Waals surface area contributed by atoms with Crippen molar-refractivity contribution in [2.45, 2.75) is 90.9 Å². The van der Waals surface area contributed by atoms with Gasteiger partial charge in [-0.05, 0) is 71.7 Å². The maximum Gasteiger partial charge on any atom is 0.124 e. The van der Waals surface area contributed by atoms with Crippen LogP contribution in [0.5, 0.6) is 11.5 Å². The number of unbranched alkanes of at least 4 members (excludes halogenated alkanes) is 8. The molecule has 35 heavy (non-hydrogen) atoms. The third kappa shape index (κ3) is 7.62. The number of rotatable bonds is 15. The SMILES string of the molecule is CCCCCCCc1cc(O)c(-c2ccc(OC)cc2)c(-c2ccccc2)c1CCCCCCC. The Morgan fingerprint density at radius 1 is 0.629 bits per heavy atom. The fraction of sp³-hybridized carbons (Fsp3) is 0.455. The Bertz CT molecular complexity index is 1010. The summed E-state index contributed by atoms with van der Waals surface area (Å²) in [6.07, 6.45) is 14.7. The Morgan fingerprint density at radius 2 is 1.20 bits per heavy atom. The summed E-state index contributed by atoms with van der Waals surface area (Å²) in [5.74, 6) is 1.21. The third-order valence-electron chi connectivity index (χ3n) is 7.03. The maximum absolute atomic E-state index is 11.4. The molecular formula is C33H44O2. The molecule has 0 spiro atoms. The molecule has 0 amide bonds. The molecule has 0 aliphatic rings. The first-order valence-electron chi connectivity index (χ1n) is 13.8. The monoisotopic (exact) mass is 472 g/mol. The Balaban J connectivity index is 2.07. The number of hydrogen-bond acceptors (Lipinski definition) is 2. The van der Waals surface area contributed by atoms with Crippen molar-refractivity contribution in [3.05, 3.63) is 71.8 Å². The summed E-state index contributed by atoms with van der Waals surface area (Å²) in [4.78, 5) is 0. The average molecular weight is 473 g/mol. The van der Waals surface area contributed by atoms with E-state index in [-0.39, 0.29) is 0 Å². The number of phenolic OH excluding ortho intramolecular Hbond substituents is 1. The molecule has 0 atom stereocenters. The first-order chi connectivity index (χ1) is 17.2. The number of aromatic hydroxyl groups is 1. The van der Waals surface area contributed by atoms with Crippen molar-refractivity contribution in [1.29, 1.82) is 0 Å². The Kier molecular flexibility index (Phi) is 11.2. The predicted molar refractivity (Wildman–Crippen MR) is 150 cm³/mol. The third-order valence-corrected chi connectivity index (χ3v) is 7.03. The zero-order valence-corrected chi connectivity index (χ0v) is 22.1.